The highest BCUT2D eigenvalue weighted by Crippen LogP contribution is 2.55. The van der Waals surface area contributed by atoms with E-state index in [-0.39, 0.29) is 0 Å². The Balaban J connectivity index is 0.000000128. The minimum absolute atomic E-state index is 0.758. The monoisotopic (exact) mass is 388 g/mol. The van der Waals surface area contributed by atoms with Gasteiger partial charge in [0.15, 0.2) is 0 Å². The van der Waals surface area contributed by atoms with Gasteiger partial charge in [0.1, 0.15) is 0 Å². The topological polar surface area (TPSA) is 0 Å². The standard InChI is InChI=1S/2C15H14/c2*1-3-7-12(8-4-1)14-11-15(14)13-9-5-2-6-10-13/h2*1-10,14-15H,11H2. The van der Waals surface area contributed by atoms with E-state index >= 15 is 0 Å². The van der Waals surface area contributed by atoms with Gasteiger partial charge in [-0.2, -0.15) is 0 Å². The van der Waals surface area contributed by atoms with E-state index in [0.717, 1.165) is 23.7 Å². The molecule has 0 bridgehead atoms. The average molecular weight is 389 g/mol. The second-order valence-corrected chi connectivity index (χ2v) is 8.54. The normalized spacial score (nSPS) is 23.7. The van der Waals surface area contributed by atoms with E-state index in [1.165, 1.54) is 35.1 Å². The molecule has 0 aliphatic heterocycles. The van der Waals surface area contributed by atoms with Crippen molar-refractivity contribution in [2.75, 3.05) is 0 Å². The molecule has 2 fully saturated rings. The van der Waals surface area contributed by atoms with Crippen molar-refractivity contribution < 1.29 is 0 Å². The second kappa shape index (κ2) is 8.71. The van der Waals surface area contributed by atoms with Gasteiger partial charge in [-0.05, 0) is 58.8 Å². The van der Waals surface area contributed by atoms with Crippen LogP contribution in [0, 0.1) is 0 Å². The molecule has 0 aromatic heterocycles. The van der Waals surface area contributed by atoms with Crippen molar-refractivity contribution >= 4 is 0 Å². The van der Waals surface area contributed by atoms with Gasteiger partial charge in [0, 0.05) is 0 Å². The van der Waals surface area contributed by atoms with E-state index in [9.17, 15) is 0 Å². The lowest BCUT2D eigenvalue weighted by Gasteiger charge is -2.00. The molecule has 148 valence electrons. The zero-order chi connectivity index (χ0) is 20.2. The molecule has 30 heavy (non-hydrogen) atoms. The maximum atomic E-state index is 2.24. The Bertz CT molecular complexity index is 862. The fourth-order valence-corrected chi connectivity index (χ4v) is 4.66. The van der Waals surface area contributed by atoms with E-state index in [1.54, 1.807) is 0 Å². The molecule has 2 saturated carbocycles. The van der Waals surface area contributed by atoms with Crippen LogP contribution in [-0.2, 0) is 0 Å². The highest BCUT2D eigenvalue weighted by Gasteiger charge is 2.39. The van der Waals surface area contributed by atoms with Gasteiger partial charge in [0.25, 0.3) is 0 Å². The molecule has 4 aromatic rings. The number of benzene rings is 4. The summed E-state index contributed by atoms with van der Waals surface area (Å²) < 4.78 is 0. The van der Waals surface area contributed by atoms with Crippen LogP contribution in [0.25, 0.3) is 0 Å². The fraction of sp³-hybridized carbons (Fsp3) is 0.200. The summed E-state index contributed by atoms with van der Waals surface area (Å²) in [5, 5.41) is 0. The molecule has 0 saturated heterocycles. The van der Waals surface area contributed by atoms with E-state index < -0.39 is 0 Å². The Kier molecular flexibility index (Phi) is 5.48. The summed E-state index contributed by atoms with van der Waals surface area (Å²) in [7, 11) is 0. The van der Waals surface area contributed by atoms with Crippen LogP contribution in [0.3, 0.4) is 0 Å². The number of rotatable bonds is 4. The molecule has 4 aromatic carbocycles. The van der Waals surface area contributed by atoms with Crippen molar-refractivity contribution in [1.82, 2.24) is 0 Å². The van der Waals surface area contributed by atoms with Crippen LogP contribution in [0.1, 0.15) is 58.8 Å². The Morgan fingerprint density at radius 1 is 0.300 bits per heavy atom. The summed E-state index contributed by atoms with van der Waals surface area (Å²) in [6, 6.07) is 43.4. The first kappa shape index (κ1) is 18.9. The van der Waals surface area contributed by atoms with Crippen LogP contribution in [0.4, 0.5) is 0 Å². The van der Waals surface area contributed by atoms with E-state index in [4.69, 9.17) is 0 Å². The molecule has 0 heteroatoms. The van der Waals surface area contributed by atoms with E-state index in [2.05, 4.69) is 121 Å². The van der Waals surface area contributed by atoms with Crippen LogP contribution in [0.5, 0.6) is 0 Å². The Morgan fingerprint density at radius 2 is 0.500 bits per heavy atom. The van der Waals surface area contributed by atoms with Crippen molar-refractivity contribution in [2.45, 2.75) is 36.5 Å². The zero-order valence-corrected chi connectivity index (χ0v) is 17.3. The minimum Gasteiger partial charge on any atom is -0.0622 e. The summed E-state index contributed by atoms with van der Waals surface area (Å²) in [4.78, 5) is 0. The van der Waals surface area contributed by atoms with E-state index in [1.807, 2.05) is 0 Å². The van der Waals surface area contributed by atoms with Crippen LogP contribution in [0.2, 0.25) is 0 Å². The van der Waals surface area contributed by atoms with Crippen LogP contribution in [-0.4, -0.2) is 0 Å². The molecule has 0 heterocycles. The van der Waals surface area contributed by atoms with Gasteiger partial charge in [-0.3, -0.25) is 0 Å². The predicted octanol–water partition coefficient (Wildman–Crippen LogP) is 7.92. The van der Waals surface area contributed by atoms with Crippen molar-refractivity contribution in [3.63, 3.8) is 0 Å². The Hall–Kier alpha value is -3.12. The molecule has 6 rings (SSSR count). The second-order valence-electron chi connectivity index (χ2n) is 8.54. The molecule has 0 radical (unpaired) electrons. The molecule has 0 amide bonds. The minimum atomic E-state index is 0.758. The first-order valence-electron chi connectivity index (χ1n) is 11.1. The molecule has 0 spiro atoms. The van der Waals surface area contributed by atoms with Gasteiger partial charge in [-0.15, -0.1) is 0 Å². The average Bonchev–Trinajstić information content (AvgIpc) is 3.76. The van der Waals surface area contributed by atoms with Gasteiger partial charge in [-0.25, -0.2) is 0 Å². The van der Waals surface area contributed by atoms with Gasteiger partial charge in [0.2, 0.25) is 0 Å². The first-order chi connectivity index (χ1) is 14.9. The largest absolute Gasteiger partial charge is 0.0622 e. The first-order valence-corrected chi connectivity index (χ1v) is 11.1. The maximum Gasteiger partial charge on any atom is -0.00868 e. The van der Waals surface area contributed by atoms with Gasteiger partial charge >= 0.3 is 0 Å². The van der Waals surface area contributed by atoms with Crippen LogP contribution >= 0.6 is 0 Å². The lowest BCUT2D eigenvalue weighted by Crippen LogP contribution is -1.82. The van der Waals surface area contributed by atoms with E-state index in [0.29, 0.717) is 0 Å². The molecular formula is C30H28. The summed E-state index contributed by atoms with van der Waals surface area (Å²) in [5.74, 6) is 3.03. The molecule has 4 unspecified atom stereocenters. The summed E-state index contributed by atoms with van der Waals surface area (Å²) in [6.45, 7) is 0. The third-order valence-electron chi connectivity index (χ3n) is 6.49. The van der Waals surface area contributed by atoms with Crippen molar-refractivity contribution in [3.05, 3.63) is 144 Å². The van der Waals surface area contributed by atoms with Crippen LogP contribution in [0.15, 0.2) is 121 Å². The predicted molar refractivity (Wildman–Crippen MR) is 126 cm³/mol. The lowest BCUT2D eigenvalue weighted by molar-refractivity contribution is 1.03. The van der Waals surface area contributed by atoms with Gasteiger partial charge < -0.3 is 0 Å². The summed E-state index contributed by atoms with van der Waals surface area (Å²) in [5.41, 5.74) is 5.97. The summed E-state index contributed by atoms with van der Waals surface area (Å²) >= 11 is 0. The SMILES string of the molecule is c1ccc(C2CC2c2ccccc2)cc1.c1ccc(C2CC2c2ccccc2)cc1. The van der Waals surface area contributed by atoms with Gasteiger partial charge in [-0.1, -0.05) is 121 Å². The summed E-state index contributed by atoms with van der Waals surface area (Å²) in [6.07, 6.45) is 2.63. The van der Waals surface area contributed by atoms with Crippen LogP contribution < -0.4 is 0 Å². The third-order valence-corrected chi connectivity index (χ3v) is 6.49. The Morgan fingerprint density at radius 3 is 0.700 bits per heavy atom. The van der Waals surface area contributed by atoms with Crippen molar-refractivity contribution in [3.8, 4) is 0 Å². The van der Waals surface area contributed by atoms with Crippen molar-refractivity contribution in [1.29, 1.82) is 0 Å². The zero-order valence-electron chi connectivity index (χ0n) is 17.3. The molecule has 2 aliphatic carbocycles. The highest BCUT2D eigenvalue weighted by atomic mass is 14.4. The molecule has 0 nitrogen and oxygen atoms in total. The number of hydrogen-bond donors (Lipinski definition) is 0. The fourth-order valence-electron chi connectivity index (χ4n) is 4.66. The Labute approximate surface area is 180 Å². The third kappa shape index (κ3) is 4.39. The highest BCUT2D eigenvalue weighted by molar-refractivity contribution is 5.37. The lowest BCUT2D eigenvalue weighted by atomic mass is 10.0. The smallest absolute Gasteiger partial charge is 0.00868 e. The molecule has 2 aliphatic rings. The van der Waals surface area contributed by atoms with Gasteiger partial charge in [0.05, 0.1) is 0 Å². The molecular weight excluding hydrogens is 360 g/mol. The quantitative estimate of drug-likeness (QED) is 0.333. The van der Waals surface area contributed by atoms with Crippen molar-refractivity contribution in [2.24, 2.45) is 0 Å². The molecule has 0 N–H and O–H groups in total. The molecule has 4 atom stereocenters. The number of hydrogen-bond acceptors (Lipinski definition) is 0. The maximum absolute atomic E-state index is 2.24.